The molecule has 2 aliphatic rings. The summed E-state index contributed by atoms with van der Waals surface area (Å²) >= 11 is 0. The van der Waals surface area contributed by atoms with Gasteiger partial charge in [-0.05, 0) is 25.5 Å². The lowest BCUT2D eigenvalue weighted by Gasteiger charge is -2.28. The molecule has 0 amide bonds. The number of ether oxygens (including phenoxy) is 2. The van der Waals surface area contributed by atoms with E-state index in [9.17, 15) is 0 Å². The van der Waals surface area contributed by atoms with E-state index >= 15 is 0 Å². The summed E-state index contributed by atoms with van der Waals surface area (Å²) in [6, 6.07) is 4.16. The third-order valence-electron chi connectivity index (χ3n) is 5.16. The quantitative estimate of drug-likeness (QED) is 0.867. The number of aromatic nitrogens is 2. The maximum Gasteiger partial charge on any atom is 0.220 e. The summed E-state index contributed by atoms with van der Waals surface area (Å²) in [5, 5.41) is 3.64. The van der Waals surface area contributed by atoms with Crippen LogP contribution >= 0.6 is 0 Å². The van der Waals surface area contributed by atoms with Gasteiger partial charge >= 0.3 is 0 Å². The van der Waals surface area contributed by atoms with Gasteiger partial charge in [-0.25, -0.2) is 9.97 Å². The van der Waals surface area contributed by atoms with Crippen molar-refractivity contribution in [1.82, 2.24) is 9.97 Å². The number of rotatable bonds is 3. The van der Waals surface area contributed by atoms with E-state index in [1.54, 1.807) is 13.3 Å². The van der Waals surface area contributed by atoms with E-state index in [1.165, 1.54) is 0 Å². The Morgan fingerprint density at radius 2 is 1.93 bits per heavy atom. The second-order valence-corrected chi connectivity index (χ2v) is 6.77. The number of fused-ring (bicyclic) bond motifs is 1. The zero-order valence-electron chi connectivity index (χ0n) is 17.7. The third kappa shape index (κ3) is 3.58. The van der Waals surface area contributed by atoms with Crippen LogP contribution in [0, 0.1) is 13.8 Å². The molecule has 4 heterocycles. The number of methoxy groups -OCH3 is 1. The number of anilines is 3. The number of pyridine rings is 2. The molecule has 0 radical (unpaired) electrons. The largest absolute Gasteiger partial charge is 0.481 e. The second-order valence-electron chi connectivity index (χ2n) is 6.77. The van der Waals surface area contributed by atoms with Crippen molar-refractivity contribution in [1.29, 1.82) is 0 Å². The molecule has 0 saturated carbocycles. The van der Waals surface area contributed by atoms with Crippen molar-refractivity contribution in [3.8, 4) is 5.88 Å². The smallest absolute Gasteiger partial charge is 0.220 e. The number of hydrogen-bond acceptors (Lipinski definition) is 7. The first kappa shape index (κ1) is 20.2. The zero-order valence-corrected chi connectivity index (χ0v) is 17.7. The highest BCUT2D eigenvalue weighted by Crippen LogP contribution is 2.45. The van der Waals surface area contributed by atoms with Crippen LogP contribution in [0.4, 0.5) is 17.2 Å². The van der Waals surface area contributed by atoms with Crippen molar-refractivity contribution in [2.24, 2.45) is 0 Å². The predicted octanol–water partition coefficient (Wildman–Crippen LogP) is 3.53. The van der Waals surface area contributed by atoms with Crippen LogP contribution in [0.3, 0.4) is 0 Å². The lowest BCUT2D eigenvalue weighted by atomic mass is 10.1. The molecule has 152 valence electrons. The topological polar surface area (TPSA) is 62.8 Å². The predicted molar refractivity (Wildman–Crippen MR) is 114 cm³/mol. The van der Waals surface area contributed by atoms with Gasteiger partial charge in [-0.2, -0.15) is 0 Å². The minimum atomic E-state index is -0.0333. The number of nitrogens with zero attached hydrogens (tertiary/aromatic N) is 4. The maximum atomic E-state index is 5.52. The summed E-state index contributed by atoms with van der Waals surface area (Å²) in [7, 11) is 3.75. The first-order valence-electron chi connectivity index (χ1n) is 9.93. The summed E-state index contributed by atoms with van der Waals surface area (Å²) < 4.78 is 11.0. The Balaban J connectivity index is 0.00000109. The molecule has 1 unspecified atom stereocenters. The maximum absolute atomic E-state index is 5.52. The molecule has 0 aromatic carbocycles. The van der Waals surface area contributed by atoms with Crippen molar-refractivity contribution < 1.29 is 9.47 Å². The number of aryl methyl sites for hydroxylation is 2. The molecule has 1 atom stereocenters. The van der Waals surface area contributed by atoms with Gasteiger partial charge in [0.1, 0.15) is 12.0 Å². The second kappa shape index (κ2) is 8.65. The number of hydrogen-bond donors (Lipinski definition) is 1. The van der Waals surface area contributed by atoms with Gasteiger partial charge in [0.2, 0.25) is 5.88 Å². The Hall–Kier alpha value is -2.54. The molecule has 1 saturated heterocycles. The Bertz CT molecular complexity index is 821. The minimum absolute atomic E-state index is 0.0333. The Kier molecular flexibility index (Phi) is 6.24. The van der Waals surface area contributed by atoms with Crippen LogP contribution < -0.4 is 19.9 Å². The summed E-state index contributed by atoms with van der Waals surface area (Å²) in [6.07, 6.45) is 1.75. The fraction of sp³-hybridized carbons (Fsp3) is 0.524. The van der Waals surface area contributed by atoms with Gasteiger partial charge in [0.25, 0.3) is 0 Å². The van der Waals surface area contributed by atoms with E-state index < -0.39 is 0 Å². The Morgan fingerprint density at radius 1 is 1.21 bits per heavy atom. The summed E-state index contributed by atoms with van der Waals surface area (Å²) in [5.41, 5.74) is 5.44. The van der Waals surface area contributed by atoms with Gasteiger partial charge in [-0.3, -0.25) is 0 Å². The lowest BCUT2D eigenvalue weighted by molar-refractivity contribution is 0.122. The number of nitrogens with one attached hydrogen (secondary N) is 1. The van der Waals surface area contributed by atoms with Crippen LogP contribution in [0.15, 0.2) is 18.3 Å². The molecule has 2 aromatic rings. The molecule has 7 heteroatoms. The van der Waals surface area contributed by atoms with Crippen molar-refractivity contribution in [2.45, 2.75) is 33.9 Å². The van der Waals surface area contributed by atoms with E-state index in [1.807, 2.05) is 19.9 Å². The first-order chi connectivity index (χ1) is 13.6. The van der Waals surface area contributed by atoms with Crippen molar-refractivity contribution in [3.63, 3.8) is 0 Å². The average molecular weight is 386 g/mol. The SMILES string of the molecule is CC.COc1nccc(C)c1C1Nc2cc(N3CCOCC3)nc(C)c2N1C. The molecule has 1 fully saturated rings. The van der Waals surface area contributed by atoms with E-state index in [4.69, 9.17) is 14.5 Å². The fourth-order valence-electron chi connectivity index (χ4n) is 3.84. The van der Waals surface area contributed by atoms with Crippen LogP contribution in [0.1, 0.15) is 36.8 Å². The van der Waals surface area contributed by atoms with Crippen LogP contribution in [-0.2, 0) is 4.74 Å². The third-order valence-corrected chi connectivity index (χ3v) is 5.16. The molecule has 0 spiro atoms. The molecular weight excluding hydrogens is 354 g/mol. The molecule has 7 nitrogen and oxygen atoms in total. The molecule has 4 rings (SSSR count). The highest BCUT2D eigenvalue weighted by molar-refractivity contribution is 5.81. The molecule has 0 aliphatic carbocycles. The van der Waals surface area contributed by atoms with Crippen molar-refractivity contribution in [3.05, 3.63) is 35.2 Å². The monoisotopic (exact) mass is 385 g/mol. The fourth-order valence-corrected chi connectivity index (χ4v) is 3.84. The van der Waals surface area contributed by atoms with Crippen molar-refractivity contribution in [2.75, 3.05) is 55.6 Å². The van der Waals surface area contributed by atoms with E-state index in [-0.39, 0.29) is 6.17 Å². The van der Waals surface area contributed by atoms with Crippen LogP contribution in [0.25, 0.3) is 0 Å². The molecular formula is C21H31N5O2. The molecule has 2 aromatic heterocycles. The van der Waals surface area contributed by atoms with Gasteiger partial charge in [-0.15, -0.1) is 0 Å². The van der Waals surface area contributed by atoms with Gasteiger partial charge in [0, 0.05) is 32.4 Å². The number of morpholine rings is 1. The Morgan fingerprint density at radius 3 is 2.61 bits per heavy atom. The standard InChI is InChI=1S/C19H25N5O2.C2H6/c1-12-5-6-20-19(25-4)16(12)18-22-14-11-15(24-7-9-26-10-8-24)21-13(2)17(14)23(18)3;1-2/h5-6,11,18,22H,7-10H2,1-4H3;1-2H3. The summed E-state index contributed by atoms with van der Waals surface area (Å²) in [6.45, 7) is 11.4. The van der Waals surface area contributed by atoms with Gasteiger partial charge < -0.3 is 24.6 Å². The molecule has 2 aliphatic heterocycles. The van der Waals surface area contributed by atoms with Gasteiger partial charge in [0.15, 0.2) is 0 Å². The van der Waals surface area contributed by atoms with E-state index in [0.29, 0.717) is 5.88 Å². The highest BCUT2D eigenvalue weighted by atomic mass is 16.5. The summed E-state index contributed by atoms with van der Waals surface area (Å²) in [4.78, 5) is 13.7. The Labute approximate surface area is 167 Å². The van der Waals surface area contributed by atoms with Gasteiger partial charge in [-0.1, -0.05) is 13.8 Å². The van der Waals surface area contributed by atoms with Crippen LogP contribution in [-0.4, -0.2) is 50.4 Å². The van der Waals surface area contributed by atoms with Crippen LogP contribution in [0.5, 0.6) is 5.88 Å². The van der Waals surface area contributed by atoms with Gasteiger partial charge in [0.05, 0.1) is 43.0 Å². The minimum Gasteiger partial charge on any atom is -0.481 e. The lowest BCUT2D eigenvalue weighted by Crippen LogP contribution is -2.36. The van der Waals surface area contributed by atoms with Crippen molar-refractivity contribution >= 4 is 17.2 Å². The normalized spacial score (nSPS) is 18.1. The molecule has 28 heavy (non-hydrogen) atoms. The summed E-state index contributed by atoms with van der Waals surface area (Å²) in [5.74, 6) is 1.65. The highest BCUT2D eigenvalue weighted by Gasteiger charge is 2.33. The first-order valence-corrected chi connectivity index (χ1v) is 9.93. The molecule has 1 N–H and O–H groups in total. The van der Waals surface area contributed by atoms with E-state index in [0.717, 1.165) is 60.3 Å². The van der Waals surface area contributed by atoms with E-state index in [2.05, 4.69) is 47.1 Å². The average Bonchev–Trinajstić information content (AvgIpc) is 3.06. The zero-order chi connectivity index (χ0) is 20.3. The van der Waals surface area contributed by atoms with Crippen LogP contribution in [0.2, 0.25) is 0 Å². The molecule has 0 bridgehead atoms.